The lowest BCUT2D eigenvalue weighted by molar-refractivity contribution is 0.0947. The number of aromatic nitrogens is 2. The van der Waals surface area contributed by atoms with Crippen molar-refractivity contribution in [1.29, 1.82) is 0 Å². The lowest BCUT2D eigenvalue weighted by Gasteiger charge is -2.30. The fourth-order valence-corrected chi connectivity index (χ4v) is 3.89. The Balaban J connectivity index is 1.55. The molecule has 0 atom stereocenters. The number of likely N-dealkylation sites (tertiary alicyclic amines) is 1. The number of nitrogens with zero attached hydrogens (tertiary/aromatic N) is 3. The van der Waals surface area contributed by atoms with Gasteiger partial charge >= 0.3 is 0 Å². The molecule has 128 valence electrons. The lowest BCUT2D eigenvalue weighted by Crippen LogP contribution is -2.39. The Morgan fingerprint density at radius 3 is 2.92 bits per heavy atom. The van der Waals surface area contributed by atoms with E-state index in [9.17, 15) is 4.79 Å². The fourth-order valence-electron chi connectivity index (χ4n) is 2.91. The van der Waals surface area contributed by atoms with Crippen molar-refractivity contribution in [3.8, 4) is 10.6 Å². The first kappa shape index (κ1) is 17.0. The predicted octanol–water partition coefficient (Wildman–Crippen LogP) is 2.98. The van der Waals surface area contributed by atoms with E-state index in [1.165, 1.54) is 24.2 Å². The van der Waals surface area contributed by atoms with Crippen molar-refractivity contribution in [2.45, 2.75) is 26.7 Å². The zero-order valence-corrected chi connectivity index (χ0v) is 15.1. The van der Waals surface area contributed by atoms with Crippen LogP contribution in [-0.4, -0.2) is 47.0 Å². The van der Waals surface area contributed by atoms with E-state index in [0.29, 0.717) is 11.4 Å². The number of hydrogen-bond acceptors (Lipinski definition) is 5. The highest BCUT2D eigenvalue weighted by molar-refractivity contribution is 7.17. The highest BCUT2D eigenvalue weighted by Crippen LogP contribution is 2.27. The summed E-state index contributed by atoms with van der Waals surface area (Å²) in [5.41, 5.74) is 1.73. The molecule has 1 fully saturated rings. The Morgan fingerprint density at radius 1 is 1.42 bits per heavy atom. The molecule has 0 radical (unpaired) electrons. The van der Waals surface area contributed by atoms with Gasteiger partial charge in [0.15, 0.2) is 0 Å². The van der Waals surface area contributed by atoms with Gasteiger partial charge in [-0.25, -0.2) is 4.98 Å². The molecule has 3 rings (SSSR count). The molecule has 1 saturated heterocycles. The van der Waals surface area contributed by atoms with E-state index < -0.39 is 0 Å². The van der Waals surface area contributed by atoms with Gasteiger partial charge in [0.1, 0.15) is 9.88 Å². The van der Waals surface area contributed by atoms with Crippen molar-refractivity contribution in [2.24, 2.45) is 5.92 Å². The standard InChI is InChI=1S/C18H24N4OS/c1-13-5-9-22(10-6-13)11-8-20-17(23)16-14(2)21-18(24-16)15-4-3-7-19-12-15/h3-4,7,12-13H,5-6,8-11H2,1-2H3,(H,20,23). The maximum Gasteiger partial charge on any atom is 0.263 e. The first-order valence-electron chi connectivity index (χ1n) is 8.52. The predicted molar refractivity (Wildman–Crippen MR) is 97.3 cm³/mol. The molecule has 2 aromatic heterocycles. The normalized spacial score (nSPS) is 16.2. The van der Waals surface area contributed by atoms with Crippen molar-refractivity contribution in [3.63, 3.8) is 0 Å². The number of amides is 1. The number of hydrogen-bond donors (Lipinski definition) is 1. The van der Waals surface area contributed by atoms with Gasteiger partial charge < -0.3 is 10.2 Å². The Kier molecular flexibility index (Phi) is 5.58. The Bertz CT molecular complexity index is 678. The van der Waals surface area contributed by atoms with Gasteiger partial charge in [0.25, 0.3) is 5.91 Å². The van der Waals surface area contributed by atoms with Crippen LogP contribution in [0.2, 0.25) is 0 Å². The third kappa shape index (κ3) is 4.19. The van der Waals surface area contributed by atoms with Gasteiger partial charge in [0, 0.05) is 31.0 Å². The van der Waals surface area contributed by atoms with Gasteiger partial charge in [-0.15, -0.1) is 11.3 Å². The van der Waals surface area contributed by atoms with Crippen LogP contribution in [-0.2, 0) is 0 Å². The van der Waals surface area contributed by atoms with Gasteiger partial charge in [-0.2, -0.15) is 0 Å². The molecule has 6 heteroatoms. The molecule has 1 amide bonds. The van der Waals surface area contributed by atoms with Gasteiger partial charge in [-0.1, -0.05) is 6.92 Å². The van der Waals surface area contributed by atoms with Crippen LogP contribution >= 0.6 is 11.3 Å². The van der Waals surface area contributed by atoms with Gasteiger partial charge in [0.05, 0.1) is 5.69 Å². The summed E-state index contributed by atoms with van der Waals surface area (Å²) in [6.45, 7) is 8.09. The molecule has 5 nitrogen and oxygen atoms in total. The second-order valence-electron chi connectivity index (χ2n) is 6.46. The molecular weight excluding hydrogens is 320 g/mol. The summed E-state index contributed by atoms with van der Waals surface area (Å²) >= 11 is 1.43. The Hall–Kier alpha value is -1.79. The van der Waals surface area contributed by atoms with E-state index in [1.807, 2.05) is 19.1 Å². The molecule has 1 aliphatic rings. The van der Waals surface area contributed by atoms with E-state index in [0.717, 1.165) is 41.8 Å². The van der Waals surface area contributed by atoms with E-state index in [-0.39, 0.29) is 5.91 Å². The van der Waals surface area contributed by atoms with Crippen molar-refractivity contribution < 1.29 is 4.79 Å². The molecule has 0 saturated carbocycles. The first-order valence-corrected chi connectivity index (χ1v) is 9.33. The number of rotatable bonds is 5. The molecule has 3 heterocycles. The quantitative estimate of drug-likeness (QED) is 0.906. The zero-order valence-electron chi connectivity index (χ0n) is 14.3. The molecule has 0 aliphatic carbocycles. The molecular formula is C18H24N4OS. The lowest BCUT2D eigenvalue weighted by atomic mass is 9.99. The molecule has 0 spiro atoms. The second kappa shape index (κ2) is 7.85. The number of carbonyl (C=O) groups excluding carboxylic acids is 1. The zero-order chi connectivity index (χ0) is 16.9. The summed E-state index contributed by atoms with van der Waals surface area (Å²) in [4.78, 5) is 24.2. The highest BCUT2D eigenvalue weighted by Gasteiger charge is 2.18. The number of nitrogens with one attached hydrogen (secondary N) is 1. The topological polar surface area (TPSA) is 58.1 Å². The van der Waals surface area contributed by atoms with Crippen molar-refractivity contribution in [2.75, 3.05) is 26.2 Å². The molecule has 0 aromatic carbocycles. The van der Waals surface area contributed by atoms with E-state index in [1.54, 1.807) is 12.4 Å². The molecule has 1 N–H and O–H groups in total. The maximum atomic E-state index is 12.4. The van der Waals surface area contributed by atoms with Crippen LogP contribution in [0.4, 0.5) is 0 Å². The number of piperidine rings is 1. The fraction of sp³-hybridized carbons (Fsp3) is 0.500. The smallest absolute Gasteiger partial charge is 0.263 e. The van der Waals surface area contributed by atoms with E-state index in [2.05, 4.69) is 27.1 Å². The van der Waals surface area contributed by atoms with E-state index >= 15 is 0 Å². The average molecular weight is 344 g/mol. The number of pyridine rings is 1. The highest BCUT2D eigenvalue weighted by atomic mass is 32.1. The maximum absolute atomic E-state index is 12.4. The van der Waals surface area contributed by atoms with Crippen LogP contribution in [0, 0.1) is 12.8 Å². The van der Waals surface area contributed by atoms with Crippen LogP contribution in [0.15, 0.2) is 24.5 Å². The van der Waals surface area contributed by atoms with Crippen LogP contribution in [0.5, 0.6) is 0 Å². The van der Waals surface area contributed by atoms with Crippen LogP contribution in [0.25, 0.3) is 10.6 Å². The van der Waals surface area contributed by atoms with Crippen LogP contribution in [0.1, 0.15) is 35.1 Å². The molecule has 0 bridgehead atoms. The SMILES string of the molecule is Cc1nc(-c2cccnc2)sc1C(=O)NCCN1CCC(C)CC1. The number of carbonyl (C=O) groups is 1. The second-order valence-corrected chi connectivity index (χ2v) is 7.45. The third-order valence-corrected chi connectivity index (χ3v) is 5.71. The van der Waals surface area contributed by atoms with Gasteiger partial charge in [-0.05, 0) is 50.9 Å². The minimum Gasteiger partial charge on any atom is -0.350 e. The molecule has 0 unspecified atom stereocenters. The van der Waals surface area contributed by atoms with Crippen molar-refractivity contribution in [3.05, 3.63) is 35.1 Å². The Labute approximate surface area is 147 Å². The Morgan fingerprint density at radius 2 is 2.21 bits per heavy atom. The van der Waals surface area contributed by atoms with Crippen LogP contribution < -0.4 is 5.32 Å². The van der Waals surface area contributed by atoms with E-state index in [4.69, 9.17) is 0 Å². The van der Waals surface area contributed by atoms with Gasteiger partial charge in [0.2, 0.25) is 0 Å². The monoisotopic (exact) mass is 344 g/mol. The van der Waals surface area contributed by atoms with Crippen molar-refractivity contribution >= 4 is 17.2 Å². The third-order valence-electron chi connectivity index (χ3n) is 4.50. The molecule has 24 heavy (non-hydrogen) atoms. The largest absolute Gasteiger partial charge is 0.350 e. The summed E-state index contributed by atoms with van der Waals surface area (Å²) in [7, 11) is 0. The van der Waals surface area contributed by atoms with Gasteiger partial charge in [-0.3, -0.25) is 9.78 Å². The average Bonchev–Trinajstić information content (AvgIpc) is 2.99. The minimum absolute atomic E-state index is 0.0227. The number of thiazole rings is 1. The summed E-state index contributed by atoms with van der Waals surface area (Å²) in [5, 5.41) is 3.88. The van der Waals surface area contributed by atoms with Crippen molar-refractivity contribution in [1.82, 2.24) is 20.2 Å². The summed E-state index contributed by atoms with van der Waals surface area (Å²) < 4.78 is 0. The summed E-state index contributed by atoms with van der Waals surface area (Å²) in [5.74, 6) is 0.812. The minimum atomic E-state index is -0.0227. The summed E-state index contributed by atoms with van der Waals surface area (Å²) in [6.07, 6.45) is 6.03. The first-order chi connectivity index (χ1) is 11.6. The number of aryl methyl sites for hydroxylation is 1. The van der Waals surface area contributed by atoms with Crippen LogP contribution in [0.3, 0.4) is 0 Å². The summed E-state index contributed by atoms with van der Waals surface area (Å²) in [6, 6.07) is 3.84. The molecule has 2 aromatic rings. The molecule has 1 aliphatic heterocycles.